The average Bonchev–Trinajstić information content (AvgIpc) is 2.87. The smallest absolute Gasteiger partial charge is 0.257 e. The molecule has 0 saturated heterocycles. The van der Waals surface area contributed by atoms with Crippen LogP contribution in [0.25, 0.3) is 0 Å². The summed E-state index contributed by atoms with van der Waals surface area (Å²) in [7, 11) is 0. The maximum atomic E-state index is 13.4. The lowest BCUT2D eigenvalue weighted by Crippen LogP contribution is -2.28. The van der Waals surface area contributed by atoms with Gasteiger partial charge in [-0.25, -0.2) is 0 Å². The third kappa shape index (κ3) is 4.20. The number of alkyl halides is 1. The summed E-state index contributed by atoms with van der Waals surface area (Å²) < 4.78 is 0. The minimum absolute atomic E-state index is 0.129. The topological polar surface area (TPSA) is 49.4 Å². The van der Waals surface area contributed by atoms with E-state index in [1.54, 1.807) is 29.2 Å². The third-order valence-corrected chi connectivity index (χ3v) is 5.57. The van der Waals surface area contributed by atoms with Crippen molar-refractivity contribution < 1.29 is 9.59 Å². The molecular formula is C24H20Cl2N2O2. The molecule has 1 N–H and O–H groups in total. The molecular weight excluding hydrogens is 419 g/mol. The molecule has 0 aromatic heterocycles. The normalized spacial score (nSPS) is 12.6. The van der Waals surface area contributed by atoms with Crippen LogP contribution in [0.15, 0.2) is 66.7 Å². The molecule has 30 heavy (non-hydrogen) atoms. The van der Waals surface area contributed by atoms with E-state index in [1.165, 1.54) is 5.56 Å². The van der Waals surface area contributed by atoms with Crippen molar-refractivity contribution >= 4 is 52.1 Å². The molecule has 0 saturated carbocycles. The molecule has 0 spiro atoms. The first-order chi connectivity index (χ1) is 14.6. The van der Waals surface area contributed by atoms with E-state index in [2.05, 4.69) is 5.32 Å². The molecule has 0 aliphatic carbocycles. The molecule has 3 aromatic carbocycles. The number of rotatable bonds is 5. The zero-order chi connectivity index (χ0) is 21.1. The van der Waals surface area contributed by atoms with Crippen molar-refractivity contribution in [3.63, 3.8) is 0 Å². The summed E-state index contributed by atoms with van der Waals surface area (Å²) in [5.41, 5.74) is 4.21. The van der Waals surface area contributed by atoms with Gasteiger partial charge in [-0.15, -0.1) is 11.6 Å². The first-order valence-corrected chi connectivity index (χ1v) is 10.6. The lowest BCUT2D eigenvalue weighted by Gasteiger charge is -2.24. The van der Waals surface area contributed by atoms with Gasteiger partial charge in [0.15, 0.2) is 0 Å². The molecule has 0 fully saturated rings. The Morgan fingerprint density at radius 2 is 1.67 bits per heavy atom. The van der Waals surface area contributed by atoms with Gasteiger partial charge in [0, 0.05) is 10.9 Å². The third-order valence-electron chi connectivity index (χ3n) is 5.06. The van der Waals surface area contributed by atoms with E-state index in [-0.39, 0.29) is 18.2 Å². The highest BCUT2D eigenvalue weighted by Gasteiger charge is 2.29. The standard InChI is InChI=1S/C24H20Cl2N2O2/c25-13-3-4-16-7-9-17(10-8-16)14-23(29)28-21-12-11-18(26)15-19(21)24(30)27-20-5-1-2-6-22(20)28/h1-2,5-12,15H,3-4,13-14H2,(H,27,30). The van der Waals surface area contributed by atoms with Crippen molar-refractivity contribution in [2.45, 2.75) is 19.3 Å². The maximum absolute atomic E-state index is 13.4. The lowest BCUT2D eigenvalue weighted by molar-refractivity contribution is -0.117. The van der Waals surface area contributed by atoms with Crippen molar-refractivity contribution in [3.05, 3.63) is 88.4 Å². The lowest BCUT2D eigenvalue weighted by atomic mass is 10.0. The Balaban J connectivity index is 1.69. The molecule has 1 aliphatic heterocycles. The predicted octanol–water partition coefficient (Wildman–Crippen LogP) is 5.98. The van der Waals surface area contributed by atoms with Gasteiger partial charge in [0.1, 0.15) is 0 Å². The molecule has 1 heterocycles. The summed E-state index contributed by atoms with van der Waals surface area (Å²) in [5, 5.41) is 3.32. The number of benzene rings is 3. The Bertz CT molecular complexity index is 1100. The Labute approximate surface area is 185 Å². The molecule has 4 nitrogen and oxygen atoms in total. The Hall–Kier alpha value is -2.82. The number of hydrogen-bond donors (Lipinski definition) is 1. The SMILES string of the molecule is O=C1Nc2ccccc2N(C(=O)Cc2ccc(CCCCl)cc2)c2ccc(Cl)cc21. The second kappa shape index (κ2) is 8.90. The number of fused-ring (bicyclic) bond motifs is 2. The van der Waals surface area contributed by atoms with Crippen LogP contribution in [0.3, 0.4) is 0 Å². The van der Waals surface area contributed by atoms with E-state index in [9.17, 15) is 9.59 Å². The largest absolute Gasteiger partial charge is 0.320 e. The first kappa shape index (κ1) is 20.5. The van der Waals surface area contributed by atoms with E-state index >= 15 is 0 Å². The van der Waals surface area contributed by atoms with Crippen LogP contribution in [-0.4, -0.2) is 17.7 Å². The van der Waals surface area contributed by atoms with Crippen LogP contribution in [0, 0.1) is 0 Å². The Morgan fingerprint density at radius 3 is 2.43 bits per heavy atom. The van der Waals surface area contributed by atoms with Gasteiger partial charge in [0.2, 0.25) is 5.91 Å². The van der Waals surface area contributed by atoms with Crippen molar-refractivity contribution in [2.24, 2.45) is 0 Å². The fourth-order valence-corrected chi connectivity index (χ4v) is 3.90. The predicted molar refractivity (Wildman–Crippen MR) is 122 cm³/mol. The zero-order valence-electron chi connectivity index (χ0n) is 16.2. The van der Waals surface area contributed by atoms with Crippen LogP contribution in [0.5, 0.6) is 0 Å². The maximum Gasteiger partial charge on any atom is 0.257 e. The molecule has 152 valence electrons. The molecule has 0 atom stereocenters. The number of carbonyl (C=O) groups is 2. The van der Waals surface area contributed by atoms with Crippen LogP contribution in [-0.2, 0) is 17.6 Å². The molecule has 6 heteroatoms. The summed E-state index contributed by atoms with van der Waals surface area (Å²) in [6, 6.07) is 20.3. The number of carbonyl (C=O) groups excluding carboxylic acids is 2. The number of nitrogens with one attached hydrogen (secondary N) is 1. The number of hydrogen-bond acceptors (Lipinski definition) is 2. The van der Waals surface area contributed by atoms with E-state index in [1.807, 2.05) is 42.5 Å². The van der Waals surface area contributed by atoms with Gasteiger partial charge < -0.3 is 5.32 Å². The van der Waals surface area contributed by atoms with Crippen molar-refractivity contribution in [1.82, 2.24) is 0 Å². The minimum atomic E-state index is -0.293. The van der Waals surface area contributed by atoms with Crippen LogP contribution < -0.4 is 10.2 Å². The van der Waals surface area contributed by atoms with Crippen LogP contribution in [0.2, 0.25) is 5.02 Å². The number of para-hydroxylation sites is 2. The Kier molecular flexibility index (Phi) is 6.07. The average molecular weight is 439 g/mol. The molecule has 0 bridgehead atoms. The highest BCUT2D eigenvalue weighted by molar-refractivity contribution is 6.31. The molecule has 0 radical (unpaired) electrons. The first-order valence-electron chi connectivity index (χ1n) is 9.73. The number of aryl methyl sites for hydroxylation is 1. The van der Waals surface area contributed by atoms with E-state index in [0.717, 1.165) is 18.4 Å². The second-order valence-corrected chi connectivity index (χ2v) is 7.96. The summed E-state index contributed by atoms with van der Waals surface area (Å²) in [6.45, 7) is 0. The van der Waals surface area contributed by atoms with E-state index in [4.69, 9.17) is 23.2 Å². The van der Waals surface area contributed by atoms with Crippen LogP contribution >= 0.6 is 23.2 Å². The molecule has 2 amide bonds. The summed E-state index contributed by atoms with van der Waals surface area (Å²) in [5.74, 6) is 0.208. The molecule has 1 aliphatic rings. The van der Waals surface area contributed by atoms with Gasteiger partial charge in [-0.3, -0.25) is 14.5 Å². The van der Waals surface area contributed by atoms with Crippen molar-refractivity contribution in [3.8, 4) is 0 Å². The van der Waals surface area contributed by atoms with Crippen LogP contribution in [0.4, 0.5) is 17.1 Å². The van der Waals surface area contributed by atoms with Gasteiger partial charge >= 0.3 is 0 Å². The monoisotopic (exact) mass is 438 g/mol. The highest BCUT2D eigenvalue weighted by atomic mass is 35.5. The summed E-state index contributed by atoms with van der Waals surface area (Å²) >= 11 is 11.9. The van der Waals surface area contributed by atoms with E-state index in [0.29, 0.717) is 33.5 Å². The number of amides is 2. The van der Waals surface area contributed by atoms with Crippen molar-refractivity contribution in [1.29, 1.82) is 0 Å². The highest BCUT2D eigenvalue weighted by Crippen LogP contribution is 2.39. The quantitative estimate of drug-likeness (QED) is 0.497. The summed E-state index contributed by atoms with van der Waals surface area (Å²) in [4.78, 5) is 27.8. The van der Waals surface area contributed by atoms with Gasteiger partial charge in [-0.05, 0) is 54.3 Å². The van der Waals surface area contributed by atoms with Gasteiger partial charge in [0.05, 0.1) is 29.0 Å². The van der Waals surface area contributed by atoms with E-state index < -0.39 is 0 Å². The number of anilines is 3. The summed E-state index contributed by atoms with van der Waals surface area (Å²) in [6.07, 6.45) is 2.05. The second-order valence-electron chi connectivity index (χ2n) is 7.15. The van der Waals surface area contributed by atoms with Crippen LogP contribution in [0.1, 0.15) is 27.9 Å². The fraction of sp³-hybridized carbons (Fsp3) is 0.167. The number of nitrogens with zero attached hydrogens (tertiary/aromatic N) is 1. The minimum Gasteiger partial charge on any atom is -0.320 e. The fourth-order valence-electron chi connectivity index (χ4n) is 3.60. The molecule has 4 rings (SSSR count). The van der Waals surface area contributed by atoms with Gasteiger partial charge in [-0.1, -0.05) is 48.0 Å². The van der Waals surface area contributed by atoms with Crippen molar-refractivity contribution in [2.75, 3.05) is 16.1 Å². The Morgan fingerprint density at radius 1 is 0.933 bits per heavy atom. The molecule has 0 unspecified atom stereocenters. The zero-order valence-corrected chi connectivity index (χ0v) is 17.7. The molecule has 3 aromatic rings. The number of halogens is 2. The van der Waals surface area contributed by atoms with Gasteiger partial charge in [-0.2, -0.15) is 0 Å². The van der Waals surface area contributed by atoms with Gasteiger partial charge in [0.25, 0.3) is 5.91 Å².